The number of aromatic nitrogens is 1. The molecule has 0 aliphatic rings. The fourth-order valence-corrected chi connectivity index (χ4v) is 3.62. The minimum atomic E-state index is -3.91. The topological polar surface area (TPSA) is 122 Å². The van der Waals surface area contributed by atoms with Gasteiger partial charge < -0.3 is 4.98 Å². The van der Waals surface area contributed by atoms with E-state index in [-0.39, 0.29) is 29.1 Å². The Balaban J connectivity index is 1.75. The molecule has 0 aliphatic heterocycles. The van der Waals surface area contributed by atoms with Crippen molar-refractivity contribution < 1.29 is 13.3 Å². The molecule has 0 spiro atoms. The number of benzene rings is 2. The van der Waals surface area contributed by atoms with Gasteiger partial charge in [-0.05, 0) is 30.0 Å². The molecule has 26 heavy (non-hydrogen) atoms. The van der Waals surface area contributed by atoms with Gasteiger partial charge in [0.1, 0.15) is 0 Å². The smallest absolute Gasteiger partial charge is 0.270 e. The zero-order valence-electron chi connectivity index (χ0n) is 13.5. The number of rotatable bonds is 6. The lowest BCUT2D eigenvalue weighted by Crippen LogP contribution is -2.27. The molecule has 0 fully saturated rings. The lowest BCUT2D eigenvalue weighted by atomic mass is 10.1. The molecule has 0 saturated carbocycles. The first-order chi connectivity index (χ1) is 12.4. The molecule has 8 nitrogen and oxygen atoms in total. The zero-order valence-corrected chi connectivity index (χ0v) is 14.3. The zero-order chi connectivity index (χ0) is 18.7. The minimum Gasteiger partial charge on any atom is -0.322 e. The second-order valence-electron chi connectivity index (χ2n) is 5.61. The van der Waals surface area contributed by atoms with Crippen molar-refractivity contribution in [2.45, 2.75) is 11.3 Å². The number of aromatic amines is 1. The molecule has 3 aromatic rings. The van der Waals surface area contributed by atoms with Crippen LogP contribution in [0.15, 0.2) is 64.3 Å². The molecule has 0 bridgehead atoms. The summed E-state index contributed by atoms with van der Waals surface area (Å²) in [5.41, 5.74) is 0.570. The van der Waals surface area contributed by atoms with E-state index in [1.54, 1.807) is 12.1 Å². The van der Waals surface area contributed by atoms with Crippen LogP contribution in [0, 0.1) is 10.1 Å². The van der Waals surface area contributed by atoms with Crippen LogP contribution in [0.4, 0.5) is 5.69 Å². The largest absolute Gasteiger partial charge is 0.322 e. The van der Waals surface area contributed by atoms with Crippen LogP contribution < -0.4 is 10.3 Å². The number of hydrogen-bond donors (Lipinski definition) is 2. The van der Waals surface area contributed by atoms with Gasteiger partial charge in [-0.15, -0.1) is 0 Å². The molecule has 1 aromatic heterocycles. The summed E-state index contributed by atoms with van der Waals surface area (Å²) in [4.78, 5) is 24.7. The Morgan fingerprint density at radius 3 is 2.62 bits per heavy atom. The third kappa shape index (κ3) is 3.79. The van der Waals surface area contributed by atoms with Crippen LogP contribution in [-0.4, -0.2) is 24.9 Å². The Bertz CT molecular complexity index is 1140. The summed E-state index contributed by atoms with van der Waals surface area (Å²) in [6, 6.07) is 13.8. The van der Waals surface area contributed by atoms with Crippen LogP contribution >= 0.6 is 0 Å². The Hall–Kier alpha value is -3.04. The maximum atomic E-state index is 12.3. The molecule has 0 unspecified atom stereocenters. The highest BCUT2D eigenvalue weighted by atomic mass is 32.2. The van der Waals surface area contributed by atoms with E-state index in [4.69, 9.17) is 0 Å². The summed E-state index contributed by atoms with van der Waals surface area (Å²) >= 11 is 0. The maximum absolute atomic E-state index is 12.3. The number of H-pyrrole nitrogens is 1. The Kier molecular flexibility index (Phi) is 4.83. The van der Waals surface area contributed by atoms with Gasteiger partial charge in [0.2, 0.25) is 10.0 Å². The van der Waals surface area contributed by atoms with Gasteiger partial charge in [0.25, 0.3) is 11.2 Å². The average Bonchev–Trinajstić information content (AvgIpc) is 2.62. The number of nitrogens with zero attached hydrogens (tertiary/aromatic N) is 1. The van der Waals surface area contributed by atoms with Crippen molar-refractivity contribution in [3.8, 4) is 0 Å². The van der Waals surface area contributed by atoms with Gasteiger partial charge in [-0.1, -0.05) is 24.3 Å². The van der Waals surface area contributed by atoms with Gasteiger partial charge in [-0.25, -0.2) is 13.1 Å². The highest BCUT2D eigenvalue weighted by Crippen LogP contribution is 2.17. The van der Waals surface area contributed by atoms with Gasteiger partial charge in [0.05, 0.1) is 9.82 Å². The first kappa shape index (κ1) is 17.8. The van der Waals surface area contributed by atoms with E-state index in [0.717, 1.165) is 11.5 Å². The van der Waals surface area contributed by atoms with E-state index in [0.29, 0.717) is 11.1 Å². The molecular weight excluding hydrogens is 358 g/mol. The van der Waals surface area contributed by atoms with Gasteiger partial charge >= 0.3 is 0 Å². The maximum Gasteiger partial charge on any atom is 0.270 e. The molecule has 2 N–H and O–H groups in total. The minimum absolute atomic E-state index is 0.00749. The van der Waals surface area contributed by atoms with E-state index < -0.39 is 14.9 Å². The number of non-ortho nitro benzene ring substituents is 1. The van der Waals surface area contributed by atoms with Crippen molar-refractivity contribution in [2.24, 2.45) is 0 Å². The van der Waals surface area contributed by atoms with E-state index in [2.05, 4.69) is 9.71 Å². The third-order valence-electron chi connectivity index (χ3n) is 3.86. The summed E-state index contributed by atoms with van der Waals surface area (Å²) in [5.74, 6) is 0. The Morgan fingerprint density at radius 1 is 1.08 bits per heavy atom. The number of hydrogen-bond acceptors (Lipinski definition) is 5. The fraction of sp³-hybridized carbons (Fsp3) is 0.118. The normalized spacial score (nSPS) is 11.5. The monoisotopic (exact) mass is 373 g/mol. The van der Waals surface area contributed by atoms with Crippen LogP contribution in [0.5, 0.6) is 0 Å². The molecule has 0 atom stereocenters. The van der Waals surface area contributed by atoms with Crippen molar-refractivity contribution in [1.29, 1.82) is 0 Å². The second kappa shape index (κ2) is 7.06. The Labute approximate surface area is 148 Å². The summed E-state index contributed by atoms with van der Waals surface area (Å²) in [6.07, 6.45) is 0.189. The average molecular weight is 373 g/mol. The number of nitro benzene ring substituents is 1. The van der Waals surface area contributed by atoms with Crippen molar-refractivity contribution in [1.82, 2.24) is 9.71 Å². The summed E-state index contributed by atoms with van der Waals surface area (Å²) in [6.45, 7) is -0.00749. The summed E-state index contributed by atoms with van der Waals surface area (Å²) < 4.78 is 26.9. The molecule has 2 aromatic carbocycles. The van der Waals surface area contributed by atoms with E-state index in [1.807, 2.05) is 18.2 Å². The summed E-state index contributed by atoms with van der Waals surface area (Å²) in [5, 5.41) is 11.6. The van der Waals surface area contributed by atoms with E-state index in [1.165, 1.54) is 18.2 Å². The van der Waals surface area contributed by atoms with Crippen molar-refractivity contribution in [3.05, 3.63) is 80.6 Å². The molecule has 0 aliphatic carbocycles. The molecule has 0 saturated heterocycles. The van der Waals surface area contributed by atoms with Gasteiger partial charge in [-0.2, -0.15) is 0 Å². The predicted octanol–water partition coefficient (Wildman–Crippen LogP) is 1.96. The lowest BCUT2D eigenvalue weighted by Gasteiger charge is -2.07. The molecule has 134 valence electrons. The third-order valence-corrected chi connectivity index (χ3v) is 5.31. The standard InChI is InChI=1S/C17H15N3O5S/c21-17-13(10-12-4-1-2-7-16(12)19-17)8-9-18-26(24,25)15-6-3-5-14(11-15)20(22)23/h1-7,10-11,18H,8-9H2,(H,19,21). The Morgan fingerprint density at radius 2 is 1.85 bits per heavy atom. The van der Waals surface area contributed by atoms with Gasteiger partial charge in [0.15, 0.2) is 0 Å². The number of nitro groups is 1. The highest BCUT2D eigenvalue weighted by molar-refractivity contribution is 7.89. The van der Waals surface area contributed by atoms with Crippen LogP contribution in [-0.2, 0) is 16.4 Å². The van der Waals surface area contributed by atoms with Crippen molar-refractivity contribution >= 4 is 26.6 Å². The lowest BCUT2D eigenvalue weighted by molar-refractivity contribution is -0.385. The highest BCUT2D eigenvalue weighted by Gasteiger charge is 2.17. The number of pyridine rings is 1. The predicted molar refractivity (Wildman–Crippen MR) is 96.6 cm³/mol. The molecule has 0 amide bonds. The van der Waals surface area contributed by atoms with Crippen LogP contribution in [0.1, 0.15) is 5.56 Å². The number of sulfonamides is 1. The van der Waals surface area contributed by atoms with Gasteiger partial charge in [-0.3, -0.25) is 14.9 Å². The fourth-order valence-electron chi connectivity index (χ4n) is 2.55. The SMILES string of the molecule is O=c1[nH]c2ccccc2cc1CCNS(=O)(=O)c1cccc([N+](=O)[O-])c1. The first-order valence-corrected chi connectivity index (χ1v) is 9.20. The van der Waals surface area contributed by atoms with E-state index >= 15 is 0 Å². The van der Waals surface area contributed by atoms with Crippen molar-refractivity contribution in [3.63, 3.8) is 0 Å². The van der Waals surface area contributed by atoms with Gasteiger partial charge in [0, 0.05) is 29.8 Å². The van der Waals surface area contributed by atoms with Crippen LogP contribution in [0.2, 0.25) is 0 Å². The van der Waals surface area contributed by atoms with Crippen LogP contribution in [0.3, 0.4) is 0 Å². The second-order valence-corrected chi connectivity index (χ2v) is 7.38. The quantitative estimate of drug-likeness (QED) is 0.505. The summed E-state index contributed by atoms with van der Waals surface area (Å²) in [7, 11) is -3.91. The molecular formula is C17H15N3O5S. The number of fused-ring (bicyclic) bond motifs is 1. The number of para-hydroxylation sites is 1. The first-order valence-electron chi connectivity index (χ1n) is 7.72. The molecule has 0 radical (unpaired) electrons. The van der Waals surface area contributed by atoms with Crippen molar-refractivity contribution in [2.75, 3.05) is 6.54 Å². The molecule has 3 rings (SSSR count). The molecule has 9 heteroatoms. The van der Waals surface area contributed by atoms with Crippen LogP contribution in [0.25, 0.3) is 10.9 Å². The number of nitrogens with one attached hydrogen (secondary N) is 2. The van der Waals surface area contributed by atoms with E-state index in [9.17, 15) is 23.3 Å². The molecule has 1 heterocycles.